The number of amides is 1. The van der Waals surface area contributed by atoms with Crippen LogP contribution in [0.3, 0.4) is 0 Å². The number of carbonyl (C=O) groups excluding carboxylic acids is 2. The van der Waals surface area contributed by atoms with Crippen LogP contribution in [-0.2, 0) is 16.1 Å². The van der Waals surface area contributed by atoms with Crippen LogP contribution in [-0.4, -0.2) is 23.5 Å². The lowest BCUT2D eigenvalue weighted by atomic mass is 10.2. The molecule has 3 aromatic rings. The van der Waals surface area contributed by atoms with Crippen molar-refractivity contribution in [3.05, 3.63) is 64.5 Å². The van der Waals surface area contributed by atoms with E-state index >= 15 is 0 Å². The number of hydrogen-bond acceptors (Lipinski definition) is 6. The minimum atomic E-state index is -0.655. The van der Waals surface area contributed by atoms with Gasteiger partial charge in [-0.05, 0) is 24.3 Å². The zero-order valence-electron chi connectivity index (χ0n) is 12.9. The van der Waals surface area contributed by atoms with Crippen molar-refractivity contribution in [2.45, 2.75) is 6.54 Å². The van der Waals surface area contributed by atoms with Crippen LogP contribution in [0, 0.1) is 0 Å². The number of rotatable bonds is 6. The van der Waals surface area contributed by atoms with Gasteiger partial charge in [0.25, 0.3) is 5.91 Å². The molecule has 0 atom stereocenters. The molecule has 0 fully saturated rings. The first-order chi connectivity index (χ1) is 12.1. The quantitative estimate of drug-likeness (QED) is 0.665. The maximum Gasteiger partial charge on any atom is 0.358 e. The topological polar surface area (TPSA) is 81.4 Å². The smallest absolute Gasteiger partial charge is 0.358 e. The van der Waals surface area contributed by atoms with E-state index in [-0.39, 0.29) is 18.8 Å². The Morgan fingerprint density at radius 3 is 2.92 bits per heavy atom. The highest BCUT2D eigenvalue weighted by atomic mass is 35.5. The zero-order chi connectivity index (χ0) is 17.6. The summed E-state index contributed by atoms with van der Waals surface area (Å²) < 4.78 is 10.1. The van der Waals surface area contributed by atoms with Gasteiger partial charge in [0, 0.05) is 16.0 Å². The Kier molecular flexibility index (Phi) is 5.47. The molecule has 25 heavy (non-hydrogen) atoms. The lowest BCUT2D eigenvalue weighted by molar-refractivity contribution is -0.124. The van der Waals surface area contributed by atoms with Crippen molar-refractivity contribution in [1.82, 2.24) is 10.3 Å². The van der Waals surface area contributed by atoms with Crippen molar-refractivity contribution in [1.29, 1.82) is 0 Å². The molecular formula is C17H13ClN2O4S. The minimum absolute atomic E-state index is 0.152. The van der Waals surface area contributed by atoms with E-state index in [1.165, 1.54) is 17.6 Å². The molecule has 1 N–H and O–H groups in total. The van der Waals surface area contributed by atoms with Crippen LogP contribution >= 0.6 is 22.9 Å². The average Bonchev–Trinajstić information content (AvgIpc) is 3.29. The van der Waals surface area contributed by atoms with Crippen molar-refractivity contribution in [2.75, 3.05) is 6.61 Å². The molecule has 1 aromatic carbocycles. The third-order valence-electron chi connectivity index (χ3n) is 3.16. The molecule has 0 unspecified atom stereocenters. The Morgan fingerprint density at radius 1 is 1.28 bits per heavy atom. The van der Waals surface area contributed by atoms with Gasteiger partial charge in [0.05, 0.1) is 12.8 Å². The summed E-state index contributed by atoms with van der Waals surface area (Å²) in [5.74, 6) is -0.460. The van der Waals surface area contributed by atoms with Crippen LogP contribution in [0.15, 0.2) is 52.5 Å². The predicted molar refractivity (Wildman–Crippen MR) is 93.4 cm³/mol. The zero-order valence-corrected chi connectivity index (χ0v) is 14.5. The Hall–Kier alpha value is -2.64. The molecule has 0 radical (unpaired) electrons. The van der Waals surface area contributed by atoms with Crippen molar-refractivity contribution in [3.63, 3.8) is 0 Å². The SMILES string of the molecule is O=C(COC(=O)c1csc(-c2cccc(Cl)c2)n1)NCc1ccco1. The first kappa shape index (κ1) is 17.2. The van der Waals surface area contributed by atoms with Crippen molar-refractivity contribution < 1.29 is 18.7 Å². The second kappa shape index (κ2) is 7.96. The number of nitrogens with one attached hydrogen (secondary N) is 1. The number of furan rings is 1. The molecule has 0 aliphatic heterocycles. The Balaban J connectivity index is 1.52. The van der Waals surface area contributed by atoms with Gasteiger partial charge in [-0.1, -0.05) is 23.7 Å². The van der Waals surface area contributed by atoms with Crippen LogP contribution in [0.2, 0.25) is 5.02 Å². The predicted octanol–water partition coefficient (Wildman–Crippen LogP) is 3.53. The molecule has 0 aliphatic rings. The number of esters is 1. The summed E-state index contributed by atoms with van der Waals surface area (Å²) in [5, 5.41) is 5.41. The van der Waals surface area contributed by atoms with Gasteiger partial charge in [0.1, 0.15) is 10.8 Å². The molecular weight excluding hydrogens is 364 g/mol. The van der Waals surface area contributed by atoms with Gasteiger partial charge in [-0.25, -0.2) is 9.78 Å². The molecule has 3 rings (SSSR count). The number of carbonyl (C=O) groups is 2. The van der Waals surface area contributed by atoms with Gasteiger partial charge >= 0.3 is 5.97 Å². The lowest BCUT2D eigenvalue weighted by Gasteiger charge is -2.04. The number of hydrogen-bond donors (Lipinski definition) is 1. The Morgan fingerprint density at radius 2 is 2.16 bits per heavy atom. The summed E-state index contributed by atoms with van der Waals surface area (Å²) in [6, 6.07) is 10.6. The summed E-state index contributed by atoms with van der Waals surface area (Å²) in [6.45, 7) is -0.150. The standard InChI is InChI=1S/C17H13ClN2O4S/c18-12-4-1-3-11(7-12)16-20-14(10-25-16)17(22)24-9-15(21)19-8-13-5-2-6-23-13/h1-7,10H,8-9H2,(H,19,21). The molecule has 0 bridgehead atoms. The number of halogens is 1. The van der Waals surface area contributed by atoms with Gasteiger partial charge < -0.3 is 14.5 Å². The third-order valence-corrected chi connectivity index (χ3v) is 4.29. The monoisotopic (exact) mass is 376 g/mol. The van der Waals surface area contributed by atoms with Gasteiger partial charge in [-0.3, -0.25) is 4.79 Å². The normalized spacial score (nSPS) is 10.4. The maximum atomic E-state index is 12.0. The summed E-state index contributed by atoms with van der Waals surface area (Å²) in [5.41, 5.74) is 0.964. The van der Waals surface area contributed by atoms with Crippen molar-refractivity contribution in [3.8, 4) is 10.6 Å². The third kappa shape index (κ3) is 4.68. The molecule has 6 nitrogen and oxygen atoms in total. The van der Waals surface area contributed by atoms with E-state index in [2.05, 4.69) is 10.3 Å². The second-order valence-corrected chi connectivity index (χ2v) is 6.28. The summed E-state index contributed by atoms with van der Waals surface area (Å²) in [4.78, 5) is 27.9. The number of benzene rings is 1. The summed E-state index contributed by atoms with van der Waals surface area (Å²) >= 11 is 7.25. The van der Waals surface area contributed by atoms with Crippen molar-refractivity contribution in [2.24, 2.45) is 0 Å². The van der Waals surface area contributed by atoms with Gasteiger partial charge in [-0.15, -0.1) is 11.3 Å². The minimum Gasteiger partial charge on any atom is -0.467 e. The fourth-order valence-electron chi connectivity index (χ4n) is 1.98. The lowest BCUT2D eigenvalue weighted by Crippen LogP contribution is -2.28. The van der Waals surface area contributed by atoms with Gasteiger partial charge in [-0.2, -0.15) is 0 Å². The molecule has 8 heteroatoms. The summed E-state index contributed by atoms with van der Waals surface area (Å²) in [6.07, 6.45) is 1.52. The second-order valence-electron chi connectivity index (χ2n) is 4.98. The molecule has 0 saturated heterocycles. The van der Waals surface area contributed by atoms with E-state index in [9.17, 15) is 9.59 Å². The molecule has 2 aromatic heterocycles. The van der Waals surface area contributed by atoms with Crippen LogP contribution in [0.4, 0.5) is 0 Å². The first-order valence-electron chi connectivity index (χ1n) is 7.29. The highest BCUT2D eigenvalue weighted by molar-refractivity contribution is 7.13. The Bertz CT molecular complexity index is 876. The van der Waals surface area contributed by atoms with Crippen molar-refractivity contribution >= 4 is 34.8 Å². The molecule has 2 heterocycles. The molecule has 0 aliphatic carbocycles. The fraction of sp³-hybridized carbons (Fsp3) is 0.118. The van der Waals surface area contributed by atoms with E-state index in [0.717, 1.165) is 5.56 Å². The highest BCUT2D eigenvalue weighted by Crippen LogP contribution is 2.26. The van der Waals surface area contributed by atoms with Gasteiger partial charge in [0.15, 0.2) is 12.3 Å². The van der Waals surface area contributed by atoms with Crippen LogP contribution in [0.5, 0.6) is 0 Å². The van der Waals surface area contributed by atoms with Crippen LogP contribution in [0.25, 0.3) is 10.6 Å². The maximum absolute atomic E-state index is 12.0. The van der Waals surface area contributed by atoms with Crippen LogP contribution < -0.4 is 5.32 Å². The van der Waals surface area contributed by atoms with E-state index in [4.69, 9.17) is 20.8 Å². The molecule has 128 valence electrons. The molecule has 1 amide bonds. The van der Waals surface area contributed by atoms with E-state index in [1.54, 1.807) is 35.7 Å². The van der Waals surface area contributed by atoms with E-state index in [1.807, 2.05) is 6.07 Å². The average molecular weight is 377 g/mol. The molecule has 0 spiro atoms. The van der Waals surface area contributed by atoms with E-state index in [0.29, 0.717) is 15.8 Å². The number of aromatic nitrogens is 1. The largest absolute Gasteiger partial charge is 0.467 e. The fourth-order valence-corrected chi connectivity index (χ4v) is 2.95. The first-order valence-corrected chi connectivity index (χ1v) is 8.55. The highest BCUT2D eigenvalue weighted by Gasteiger charge is 2.15. The Labute approximate surface area is 152 Å². The van der Waals surface area contributed by atoms with Crippen LogP contribution in [0.1, 0.15) is 16.2 Å². The molecule has 0 saturated carbocycles. The number of ether oxygens (including phenoxy) is 1. The number of thiazole rings is 1. The van der Waals surface area contributed by atoms with E-state index < -0.39 is 11.9 Å². The van der Waals surface area contributed by atoms with Gasteiger partial charge in [0.2, 0.25) is 0 Å². The summed E-state index contributed by atoms with van der Waals surface area (Å²) in [7, 11) is 0. The number of nitrogens with zero attached hydrogens (tertiary/aromatic N) is 1.